The quantitative estimate of drug-likeness (QED) is 0.864. The first kappa shape index (κ1) is 16.6. The lowest BCUT2D eigenvalue weighted by Gasteiger charge is -2.09. The molecule has 1 atom stereocenters. The van der Waals surface area contributed by atoms with Gasteiger partial charge < -0.3 is 9.84 Å². The highest BCUT2D eigenvalue weighted by molar-refractivity contribution is 7.91. The number of aromatic nitrogens is 2. The number of aryl methyl sites for hydroxylation is 1. The monoisotopic (exact) mass is 353 g/mol. The molecule has 1 aliphatic rings. The lowest BCUT2D eigenvalue weighted by atomic mass is 10.2. The van der Waals surface area contributed by atoms with Crippen molar-refractivity contribution in [1.82, 2.24) is 15.5 Å². The molecule has 1 aromatic carbocycles. The fourth-order valence-electron chi connectivity index (χ4n) is 2.50. The van der Waals surface area contributed by atoms with Gasteiger partial charge in [-0.15, -0.1) is 0 Å². The molecule has 2 heterocycles. The van der Waals surface area contributed by atoms with E-state index < -0.39 is 9.84 Å². The van der Waals surface area contributed by atoms with E-state index in [1.54, 1.807) is 0 Å². The summed E-state index contributed by atoms with van der Waals surface area (Å²) in [4.78, 5) is 16.0. The SMILES string of the molecule is O=C(CCc1nc(-c2ccc(F)cc2)no1)NC1CCS(=O)(=O)C1. The van der Waals surface area contributed by atoms with Crippen LogP contribution < -0.4 is 5.32 Å². The van der Waals surface area contributed by atoms with E-state index in [2.05, 4.69) is 15.5 Å². The van der Waals surface area contributed by atoms with Crippen LogP contribution >= 0.6 is 0 Å². The Morgan fingerprint density at radius 3 is 2.75 bits per heavy atom. The third-order valence-corrected chi connectivity index (χ3v) is 5.50. The van der Waals surface area contributed by atoms with Crippen molar-refractivity contribution in [1.29, 1.82) is 0 Å². The van der Waals surface area contributed by atoms with E-state index in [1.165, 1.54) is 24.3 Å². The van der Waals surface area contributed by atoms with Gasteiger partial charge in [0.15, 0.2) is 9.84 Å². The van der Waals surface area contributed by atoms with Crippen molar-refractivity contribution >= 4 is 15.7 Å². The van der Waals surface area contributed by atoms with Crippen molar-refractivity contribution < 1.29 is 22.1 Å². The number of carbonyl (C=O) groups excluding carboxylic acids is 1. The molecule has 0 radical (unpaired) electrons. The summed E-state index contributed by atoms with van der Waals surface area (Å²) in [5.41, 5.74) is 0.618. The smallest absolute Gasteiger partial charge is 0.227 e. The average Bonchev–Trinajstić information content (AvgIpc) is 3.12. The normalized spacial score (nSPS) is 19.3. The Morgan fingerprint density at radius 1 is 1.33 bits per heavy atom. The summed E-state index contributed by atoms with van der Waals surface area (Å²) < 4.78 is 40.7. The molecule has 1 N–H and O–H groups in total. The van der Waals surface area contributed by atoms with Crippen LogP contribution in [-0.4, -0.2) is 42.0 Å². The zero-order valence-corrected chi connectivity index (χ0v) is 13.6. The molecule has 1 fully saturated rings. The molecule has 0 spiro atoms. The Labute approximate surface area is 138 Å². The van der Waals surface area contributed by atoms with E-state index in [1.807, 2.05) is 0 Å². The van der Waals surface area contributed by atoms with Gasteiger partial charge in [-0.3, -0.25) is 4.79 Å². The number of benzene rings is 1. The highest BCUT2D eigenvalue weighted by Gasteiger charge is 2.28. The third kappa shape index (κ3) is 4.16. The standard InChI is InChI=1S/C15H16FN3O4S/c16-11-3-1-10(2-4-11)15-18-14(23-19-15)6-5-13(20)17-12-7-8-24(21,22)9-12/h1-4,12H,5-9H2,(H,17,20). The fourth-order valence-corrected chi connectivity index (χ4v) is 4.18. The van der Waals surface area contributed by atoms with Crippen LogP contribution in [0.4, 0.5) is 4.39 Å². The van der Waals surface area contributed by atoms with Crippen LogP contribution in [0.15, 0.2) is 28.8 Å². The van der Waals surface area contributed by atoms with Crippen LogP contribution in [0.2, 0.25) is 0 Å². The highest BCUT2D eigenvalue weighted by Crippen LogP contribution is 2.17. The maximum Gasteiger partial charge on any atom is 0.227 e. The fraction of sp³-hybridized carbons (Fsp3) is 0.400. The van der Waals surface area contributed by atoms with E-state index >= 15 is 0 Å². The van der Waals surface area contributed by atoms with Crippen molar-refractivity contribution in [2.45, 2.75) is 25.3 Å². The van der Waals surface area contributed by atoms with Crippen molar-refractivity contribution in [2.75, 3.05) is 11.5 Å². The molecule has 9 heteroatoms. The van der Waals surface area contributed by atoms with E-state index in [0.29, 0.717) is 23.7 Å². The minimum absolute atomic E-state index is 0.00594. The maximum absolute atomic E-state index is 12.9. The van der Waals surface area contributed by atoms with E-state index in [4.69, 9.17) is 4.52 Å². The van der Waals surface area contributed by atoms with Gasteiger partial charge in [-0.2, -0.15) is 4.98 Å². The van der Waals surface area contributed by atoms with Crippen LogP contribution in [0.1, 0.15) is 18.7 Å². The number of amides is 1. The first-order valence-corrected chi connectivity index (χ1v) is 9.32. The third-order valence-electron chi connectivity index (χ3n) is 3.73. The van der Waals surface area contributed by atoms with Gasteiger partial charge in [-0.25, -0.2) is 12.8 Å². The number of carbonyl (C=O) groups is 1. The minimum atomic E-state index is -3.02. The van der Waals surface area contributed by atoms with Crippen molar-refractivity contribution in [3.05, 3.63) is 36.0 Å². The van der Waals surface area contributed by atoms with Crippen LogP contribution in [0.5, 0.6) is 0 Å². The van der Waals surface area contributed by atoms with E-state index in [0.717, 1.165) is 0 Å². The summed E-state index contributed by atoms with van der Waals surface area (Å²) in [7, 11) is -3.02. The molecule has 1 aromatic heterocycles. The number of hydrogen-bond donors (Lipinski definition) is 1. The summed E-state index contributed by atoms with van der Waals surface area (Å²) in [6.07, 6.45) is 0.824. The van der Waals surface area contributed by atoms with Gasteiger partial charge >= 0.3 is 0 Å². The largest absolute Gasteiger partial charge is 0.352 e. The number of halogens is 1. The molecular formula is C15H16FN3O4S. The van der Waals surface area contributed by atoms with Gasteiger partial charge in [0.05, 0.1) is 11.5 Å². The zero-order chi connectivity index (χ0) is 17.2. The zero-order valence-electron chi connectivity index (χ0n) is 12.7. The van der Waals surface area contributed by atoms with Crippen molar-refractivity contribution in [2.24, 2.45) is 0 Å². The van der Waals surface area contributed by atoms with Crippen molar-refractivity contribution in [3.8, 4) is 11.4 Å². The number of nitrogens with one attached hydrogen (secondary N) is 1. The lowest BCUT2D eigenvalue weighted by Crippen LogP contribution is -2.35. The second-order valence-corrected chi connectivity index (χ2v) is 7.91. The Balaban J connectivity index is 1.52. The van der Waals surface area contributed by atoms with E-state index in [-0.39, 0.29) is 42.1 Å². The number of nitrogens with zero attached hydrogens (tertiary/aromatic N) is 2. The van der Waals surface area contributed by atoms with Gasteiger partial charge in [-0.1, -0.05) is 5.16 Å². The molecule has 7 nitrogen and oxygen atoms in total. The lowest BCUT2D eigenvalue weighted by molar-refractivity contribution is -0.121. The molecule has 2 aromatic rings. The van der Waals surface area contributed by atoms with Gasteiger partial charge in [0, 0.05) is 24.4 Å². The van der Waals surface area contributed by atoms with Crippen LogP contribution in [-0.2, 0) is 21.1 Å². The Hall–Kier alpha value is -2.29. The highest BCUT2D eigenvalue weighted by atomic mass is 32.2. The predicted octanol–water partition coefficient (Wildman–Crippen LogP) is 1.11. The van der Waals surface area contributed by atoms with Crippen LogP contribution in [0.25, 0.3) is 11.4 Å². The first-order valence-electron chi connectivity index (χ1n) is 7.49. The van der Waals surface area contributed by atoms with Gasteiger partial charge in [0.1, 0.15) is 5.82 Å². The maximum atomic E-state index is 12.9. The summed E-state index contributed by atoms with van der Waals surface area (Å²) >= 11 is 0. The molecule has 1 amide bonds. The Kier molecular flexibility index (Phi) is 4.61. The summed E-state index contributed by atoms with van der Waals surface area (Å²) in [5.74, 6) is 0.124. The first-order chi connectivity index (χ1) is 11.4. The van der Waals surface area contributed by atoms with Crippen LogP contribution in [0, 0.1) is 5.82 Å². The number of rotatable bonds is 5. The summed E-state index contributed by atoms with van der Waals surface area (Å²) in [6, 6.07) is 5.36. The van der Waals surface area contributed by atoms with E-state index in [9.17, 15) is 17.6 Å². The Bertz CT molecular complexity index is 833. The molecule has 0 bridgehead atoms. The van der Waals surface area contributed by atoms with Crippen LogP contribution in [0.3, 0.4) is 0 Å². The molecule has 24 heavy (non-hydrogen) atoms. The molecule has 1 aliphatic heterocycles. The number of hydrogen-bond acceptors (Lipinski definition) is 6. The second kappa shape index (κ2) is 6.68. The molecule has 1 saturated heterocycles. The molecule has 1 unspecified atom stereocenters. The second-order valence-electron chi connectivity index (χ2n) is 5.69. The summed E-state index contributed by atoms with van der Waals surface area (Å²) in [5, 5.41) is 6.50. The van der Waals surface area contributed by atoms with Crippen molar-refractivity contribution in [3.63, 3.8) is 0 Å². The molecule has 0 aliphatic carbocycles. The minimum Gasteiger partial charge on any atom is -0.352 e. The van der Waals surface area contributed by atoms with Gasteiger partial charge in [-0.05, 0) is 30.7 Å². The Morgan fingerprint density at radius 2 is 2.08 bits per heavy atom. The molecule has 0 saturated carbocycles. The van der Waals surface area contributed by atoms with Gasteiger partial charge in [0.2, 0.25) is 17.6 Å². The predicted molar refractivity (Wildman–Crippen MR) is 83.2 cm³/mol. The molecule has 3 rings (SSSR count). The molecular weight excluding hydrogens is 337 g/mol. The molecule has 128 valence electrons. The topological polar surface area (TPSA) is 102 Å². The average molecular weight is 353 g/mol. The summed E-state index contributed by atoms with van der Waals surface area (Å²) in [6.45, 7) is 0. The van der Waals surface area contributed by atoms with Gasteiger partial charge in [0.25, 0.3) is 0 Å². The number of sulfone groups is 1.